The number of carbonyl (C=O) groups excluding carboxylic acids is 1. The largest absolute Gasteiger partial charge is 0.495 e. The summed E-state index contributed by atoms with van der Waals surface area (Å²) in [5, 5.41) is 16.3. The standard InChI is InChI=1S/C15H11Cl2N3O4S/c1-24-13-5-2-8(6-11(13)17)14(21)19-15(25)18-9-3-4-10(16)12(7-9)20(22)23/h2-7H,1H3,(H2,18,19,21,25). The summed E-state index contributed by atoms with van der Waals surface area (Å²) in [6.45, 7) is 0. The molecule has 25 heavy (non-hydrogen) atoms. The first-order valence-electron chi connectivity index (χ1n) is 6.71. The molecule has 0 radical (unpaired) electrons. The van der Waals surface area contributed by atoms with Crippen LogP contribution in [0.1, 0.15) is 10.4 Å². The number of nitro benzene ring substituents is 1. The summed E-state index contributed by atoms with van der Waals surface area (Å²) in [7, 11) is 1.46. The van der Waals surface area contributed by atoms with Gasteiger partial charge in [-0.05, 0) is 42.5 Å². The first-order chi connectivity index (χ1) is 11.8. The van der Waals surface area contributed by atoms with Crippen molar-refractivity contribution < 1.29 is 14.5 Å². The van der Waals surface area contributed by atoms with Crippen LogP contribution in [0, 0.1) is 10.1 Å². The lowest BCUT2D eigenvalue weighted by Crippen LogP contribution is -2.34. The molecule has 0 aliphatic heterocycles. The monoisotopic (exact) mass is 399 g/mol. The average Bonchev–Trinajstić information content (AvgIpc) is 2.56. The molecule has 0 spiro atoms. The van der Waals surface area contributed by atoms with Gasteiger partial charge in [0.15, 0.2) is 5.11 Å². The maximum absolute atomic E-state index is 12.2. The molecule has 0 fully saturated rings. The molecule has 0 heterocycles. The highest BCUT2D eigenvalue weighted by Crippen LogP contribution is 2.27. The highest BCUT2D eigenvalue weighted by molar-refractivity contribution is 7.80. The number of anilines is 1. The number of carbonyl (C=O) groups is 1. The Balaban J connectivity index is 2.07. The number of methoxy groups -OCH3 is 1. The number of nitrogens with zero attached hydrogens (tertiary/aromatic N) is 1. The van der Waals surface area contributed by atoms with Gasteiger partial charge in [-0.3, -0.25) is 20.2 Å². The second-order valence-corrected chi connectivity index (χ2v) is 5.90. The minimum Gasteiger partial charge on any atom is -0.495 e. The maximum Gasteiger partial charge on any atom is 0.289 e. The van der Waals surface area contributed by atoms with Crippen LogP contribution >= 0.6 is 35.4 Å². The molecule has 0 aliphatic carbocycles. The van der Waals surface area contributed by atoms with Gasteiger partial charge in [0.2, 0.25) is 0 Å². The lowest BCUT2D eigenvalue weighted by atomic mass is 10.2. The number of thiocarbonyl (C=S) groups is 1. The second-order valence-electron chi connectivity index (χ2n) is 4.68. The highest BCUT2D eigenvalue weighted by atomic mass is 35.5. The van der Waals surface area contributed by atoms with E-state index in [0.29, 0.717) is 11.4 Å². The SMILES string of the molecule is COc1ccc(C(=O)NC(=S)Nc2ccc(Cl)c([N+](=O)[O-])c2)cc1Cl. The molecule has 0 bridgehead atoms. The Kier molecular flexibility index (Phi) is 6.13. The van der Waals surface area contributed by atoms with E-state index >= 15 is 0 Å². The van der Waals surface area contributed by atoms with Crippen molar-refractivity contribution in [2.45, 2.75) is 0 Å². The van der Waals surface area contributed by atoms with Crippen molar-refractivity contribution in [3.05, 3.63) is 62.1 Å². The molecule has 0 saturated carbocycles. The van der Waals surface area contributed by atoms with E-state index in [9.17, 15) is 14.9 Å². The number of benzene rings is 2. The van der Waals surface area contributed by atoms with E-state index in [1.807, 2.05) is 0 Å². The first kappa shape index (κ1) is 18.9. The van der Waals surface area contributed by atoms with Gasteiger partial charge in [0, 0.05) is 17.3 Å². The zero-order chi connectivity index (χ0) is 18.6. The third-order valence-corrected chi connectivity index (χ3v) is 3.86. The molecule has 1 amide bonds. The smallest absolute Gasteiger partial charge is 0.289 e. The van der Waals surface area contributed by atoms with Gasteiger partial charge in [0.05, 0.1) is 17.1 Å². The molecule has 2 aromatic carbocycles. The van der Waals surface area contributed by atoms with Crippen LogP contribution in [-0.4, -0.2) is 23.1 Å². The Bertz CT molecular complexity index is 861. The van der Waals surface area contributed by atoms with Crippen LogP contribution in [0.5, 0.6) is 5.75 Å². The fourth-order valence-electron chi connectivity index (χ4n) is 1.88. The minimum atomic E-state index is -0.617. The van der Waals surface area contributed by atoms with E-state index in [-0.39, 0.29) is 26.4 Å². The lowest BCUT2D eigenvalue weighted by molar-refractivity contribution is -0.384. The number of hydrogen-bond donors (Lipinski definition) is 2. The molecule has 10 heteroatoms. The summed E-state index contributed by atoms with van der Waals surface area (Å²) in [4.78, 5) is 22.4. The van der Waals surface area contributed by atoms with Gasteiger partial charge < -0.3 is 10.1 Å². The van der Waals surface area contributed by atoms with Gasteiger partial charge >= 0.3 is 0 Å². The number of amides is 1. The fraction of sp³-hybridized carbons (Fsp3) is 0.0667. The summed E-state index contributed by atoms with van der Waals surface area (Å²) < 4.78 is 5.01. The molecule has 0 saturated heterocycles. The molecular formula is C15H11Cl2N3O4S. The van der Waals surface area contributed by atoms with Crippen molar-refractivity contribution in [1.82, 2.24) is 5.32 Å². The Hall–Kier alpha value is -2.42. The van der Waals surface area contributed by atoms with Crippen LogP contribution in [0.25, 0.3) is 0 Å². The van der Waals surface area contributed by atoms with Gasteiger partial charge in [-0.25, -0.2) is 0 Å². The Morgan fingerprint density at radius 3 is 2.52 bits per heavy atom. The minimum absolute atomic E-state index is 0.00150. The molecule has 2 N–H and O–H groups in total. The average molecular weight is 400 g/mol. The lowest BCUT2D eigenvalue weighted by Gasteiger charge is -2.10. The molecule has 2 aromatic rings. The van der Waals surface area contributed by atoms with Crippen LogP contribution in [0.2, 0.25) is 10.0 Å². The van der Waals surface area contributed by atoms with E-state index in [2.05, 4.69) is 10.6 Å². The second kappa shape index (κ2) is 8.11. The van der Waals surface area contributed by atoms with Crippen LogP contribution in [0.3, 0.4) is 0 Å². The normalized spacial score (nSPS) is 10.0. The third kappa shape index (κ3) is 4.79. The molecule has 0 atom stereocenters. The number of halogens is 2. The summed E-state index contributed by atoms with van der Waals surface area (Å²) in [5.41, 5.74) is 0.314. The predicted molar refractivity (Wildman–Crippen MR) is 99.8 cm³/mol. The predicted octanol–water partition coefficient (Wildman–Crippen LogP) is 4.04. The summed E-state index contributed by atoms with van der Waals surface area (Å²) in [5.74, 6) is -0.0575. The molecule has 2 rings (SSSR count). The van der Waals surface area contributed by atoms with Crippen LogP contribution < -0.4 is 15.4 Å². The van der Waals surface area contributed by atoms with Crippen molar-refractivity contribution in [3.8, 4) is 5.75 Å². The van der Waals surface area contributed by atoms with Crippen molar-refractivity contribution >= 4 is 57.8 Å². The topological polar surface area (TPSA) is 93.5 Å². The van der Waals surface area contributed by atoms with E-state index in [1.165, 1.54) is 37.4 Å². The van der Waals surface area contributed by atoms with Gasteiger partial charge in [-0.2, -0.15) is 0 Å². The fourth-order valence-corrected chi connectivity index (χ4v) is 2.53. The van der Waals surface area contributed by atoms with Gasteiger partial charge in [0.1, 0.15) is 10.8 Å². The van der Waals surface area contributed by atoms with Crippen molar-refractivity contribution in [2.75, 3.05) is 12.4 Å². The number of nitro groups is 1. The van der Waals surface area contributed by atoms with Crippen LogP contribution in [0.15, 0.2) is 36.4 Å². The maximum atomic E-state index is 12.2. The van der Waals surface area contributed by atoms with Crippen LogP contribution in [0.4, 0.5) is 11.4 Å². The number of nitrogens with one attached hydrogen (secondary N) is 2. The summed E-state index contributed by atoms with van der Waals surface area (Å²) in [6.07, 6.45) is 0. The summed E-state index contributed by atoms with van der Waals surface area (Å²) >= 11 is 16.7. The van der Waals surface area contributed by atoms with Crippen molar-refractivity contribution in [1.29, 1.82) is 0 Å². The molecule has 0 aromatic heterocycles. The zero-order valence-electron chi connectivity index (χ0n) is 12.7. The molecular weight excluding hydrogens is 389 g/mol. The summed E-state index contributed by atoms with van der Waals surface area (Å²) in [6, 6.07) is 8.58. The van der Waals surface area contributed by atoms with E-state index in [0.717, 1.165) is 0 Å². The van der Waals surface area contributed by atoms with Gasteiger partial charge in [-0.1, -0.05) is 23.2 Å². The quantitative estimate of drug-likeness (QED) is 0.457. The Morgan fingerprint density at radius 2 is 1.92 bits per heavy atom. The van der Waals surface area contributed by atoms with Crippen molar-refractivity contribution in [2.24, 2.45) is 0 Å². The van der Waals surface area contributed by atoms with E-state index in [4.69, 9.17) is 40.2 Å². The highest BCUT2D eigenvalue weighted by Gasteiger charge is 2.14. The zero-order valence-corrected chi connectivity index (χ0v) is 15.0. The number of rotatable bonds is 4. The number of ether oxygens (including phenoxy) is 1. The van der Waals surface area contributed by atoms with Crippen molar-refractivity contribution in [3.63, 3.8) is 0 Å². The van der Waals surface area contributed by atoms with E-state index in [1.54, 1.807) is 6.07 Å². The number of hydrogen-bond acceptors (Lipinski definition) is 5. The van der Waals surface area contributed by atoms with Gasteiger partial charge in [0.25, 0.3) is 11.6 Å². The van der Waals surface area contributed by atoms with Crippen LogP contribution in [-0.2, 0) is 0 Å². The molecule has 0 unspecified atom stereocenters. The van der Waals surface area contributed by atoms with Gasteiger partial charge in [-0.15, -0.1) is 0 Å². The molecule has 7 nitrogen and oxygen atoms in total. The molecule has 130 valence electrons. The third-order valence-electron chi connectivity index (χ3n) is 3.04. The molecule has 0 aliphatic rings. The Labute approximate surface area is 158 Å². The Morgan fingerprint density at radius 1 is 1.20 bits per heavy atom. The first-order valence-corrected chi connectivity index (χ1v) is 7.88. The van der Waals surface area contributed by atoms with E-state index < -0.39 is 10.8 Å².